The summed E-state index contributed by atoms with van der Waals surface area (Å²) in [5.41, 5.74) is 4.48. The Kier molecular flexibility index (Phi) is 2.47. The van der Waals surface area contributed by atoms with E-state index in [9.17, 15) is 0 Å². The molecule has 0 saturated carbocycles. The third-order valence-electron chi connectivity index (χ3n) is 3.83. The third kappa shape index (κ3) is 1.98. The minimum atomic E-state index is -1.40. The molecule has 0 fully saturated rings. The van der Waals surface area contributed by atoms with Crippen LogP contribution < -0.4 is 0 Å². The zero-order chi connectivity index (χ0) is 16.9. The average Bonchev–Trinajstić information content (AvgIpc) is 2.91. The Morgan fingerprint density at radius 2 is 2.00 bits per heavy atom. The molecule has 3 nitrogen and oxygen atoms in total. The first kappa shape index (κ1) is 11.0. The second-order valence-electron chi connectivity index (χ2n) is 5.27. The molecule has 0 aliphatic rings. The molecule has 4 aromatic rings. The lowest BCUT2D eigenvalue weighted by Crippen LogP contribution is -1.86. The number of pyridine rings is 2. The molecule has 0 unspecified atom stereocenters. The van der Waals surface area contributed by atoms with Crippen molar-refractivity contribution in [2.45, 2.75) is 20.2 Å². The van der Waals surface area contributed by atoms with Crippen LogP contribution in [0, 0.1) is 6.92 Å². The van der Waals surface area contributed by atoms with Crippen LogP contribution in [0.1, 0.15) is 20.9 Å². The number of benzene rings is 1. The molecule has 108 valence electrons. The molecular weight excluding hydrogens is 272 g/mol. The van der Waals surface area contributed by atoms with Crippen molar-refractivity contribution in [3.05, 3.63) is 59.9 Å². The predicted octanol–water partition coefficient (Wildman–Crippen LogP) is 4.91. The number of nitrogens with zero attached hydrogens (tertiary/aromatic N) is 2. The quantitative estimate of drug-likeness (QED) is 0.526. The van der Waals surface area contributed by atoms with Gasteiger partial charge in [-0.25, -0.2) is 4.98 Å². The molecule has 0 aliphatic heterocycles. The molecule has 0 radical (unpaired) electrons. The lowest BCUT2D eigenvalue weighted by molar-refractivity contribution is 0.653. The fourth-order valence-electron chi connectivity index (χ4n) is 2.67. The van der Waals surface area contributed by atoms with Gasteiger partial charge in [-0.05, 0) is 43.1 Å². The van der Waals surface area contributed by atoms with E-state index in [1.54, 1.807) is 12.3 Å². The highest BCUT2D eigenvalue weighted by Crippen LogP contribution is 2.34. The summed E-state index contributed by atoms with van der Waals surface area (Å²) in [5, 5.41) is 1.99. The van der Waals surface area contributed by atoms with E-state index in [0.29, 0.717) is 11.3 Å². The lowest BCUT2D eigenvalue weighted by atomic mass is 10.1. The summed E-state index contributed by atoms with van der Waals surface area (Å²) < 4.78 is 21.5. The predicted molar refractivity (Wildman–Crippen MR) is 88.9 cm³/mol. The van der Waals surface area contributed by atoms with E-state index >= 15 is 0 Å². The Morgan fingerprint density at radius 3 is 2.77 bits per heavy atom. The van der Waals surface area contributed by atoms with Gasteiger partial charge in [0.25, 0.3) is 0 Å². The number of aromatic nitrogens is 2. The Morgan fingerprint density at radius 1 is 1.09 bits per heavy atom. The molecule has 3 heteroatoms. The molecule has 0 spiro atoms. The Hall–Kier alpha value is -2.68. The van der Waals surface area contributed by atoms with Crippen molar-refractivity contribution in [1.82, 2.24) is 9.97 Å². The molecular formula is C19H16N2O. The van der Waals surface area contributed by atoms with Gasteiger partial charge in [-0.2, -0.15) is 0 Å². The third-order valence-corrected chi connectivity index (χ3v) is 3.83. The van der Waals surface area contributed by atoms with Crippen LogP contribution in [0.25, 0.3) is 33.3 Å². The number of fused-ring (bicyclic) bond motifs is 3. The molecule has 0 aliphatic carbocycles. The summed E-state index contributed by atoms with van der Waals surface area (Å²) in [6.45, 7) is 3.46. The smallest absolute Gasteiger partial charge is 0.227 e. The van der Waals surface area contributed by atoms with Crippen LogP contribution in [0.15, 0.2) is 53.1 Å². The van der Waals surface area contributed by atoms with Crippen LogP contribution in [0.4, 0.5) is 0 Å². The molecule has 0 amide bonds. The number of hydrogen-bond acceptors (Lipinski definition) is 3. The maximum absolute atomic E-state index is 7.77. The van der Waals surface area contributed by atoms with Crippen molar-refractivity contribution in [2.24, 2.45) is 0 Å². The number of para-hydroxylation sites is 1. The molecule has 3 aromatic heterocycles. The van der Waals surface area contributed by atoms with Crippen LogP contribution >= 0.6 is 0 Å². The number of aryl methyl sites for hydroxylation is 2. The van der Waals surface area contributed by atoms with Gasteiger partial charge in [0.2, 0.25) is 5.71 Å². The summed E-state index contributed by atoms with van der Waals surface area (Å²) in [4.78, 5) is 8.89. The first-order chi connectivity index (χ1) is 11.4. The van der Waals surface area contributed by atoms with Crippen LogP contribution in [0.3, 0.4) is 0 Å². The van der Waals surface area contributed by atoms with Gasteiger partial charge < -0.3 is 4.42 Å². The van der Waals surface area contributed by atoms with Gasteiger partial charge in [-0.15, -0.1) is 0 Å². The molecule has 0 bridgehead atoms. The molecule has 0 saturated heterocycles. The Bertz CT molecular complexity index is 1050. The zero-order valence-electron chi connectivity index (χ0n) is 14.4. The highest BCUT2D eigenvalue weighted by Gasteiger charge is 2.13. The number of rotatable bonds is 2. The van der Waals surface area contributed by atoms with Gasteiger partial charge in [-0.1, -0.05) is 25.1 Å². The van der Waals surface area contributed by atoms with E-state index in [1.807, 2.05) is 43.3 Å². The van der Waals surface area contributed by atoms with E-state index in [4.69, 9.17) is 7.16 Å². The van der Waals surface area contributed by atoms with Crippen LogP contribution in [0.2, 0.25) is 0 Å². The van der Waals surface area contributed by atoms with Crippen molar-refractivity contribution >= 4 is 22.1 Å². The molecule has 4 rings (SSSR count). The van der Waals surface area contributed by atoms with Gasteiger partial charge in [-0.3, -0.25) is 4.98 Å². The molecule has 3 heterocycles. The van der Waals surface area contributed by atoms with Gasteiger partial charge in [0.1, 0.15) is 5.58 Å². The van der Waals surface area contributed by atoms with Crippen molar-refractivity contribution in [2.75, 3.05) is 0 Å². The maximum Gasteiger partial charge on any atom is 0.227 e. The van der Waals surface area contributed by atoms with Crippen molar-refractivity contribution in [1.29, 1.82) is 0 Å². The van der Waals surface area contributed by atoms with Gasteiger partial charge in [0.15, 0.2) is 0 Å². The number of furan rings is 1. The summed E-state index contributed by atoms with van der Waals surface area (Å²) >= 11 is 0. The highest BCUT2D eigenvalue weighted by molar-refractivity contribution is 6.08. The van der Waals surface area contributed by atoms with E-state index in [1.165, 1.54) is 6.92 Å². The molecule has 22 heavy (non-hydrogen) atoms. The van der Waals surface area contributed by atoms with Crippen LogP contribution in [-0.4, -0.2) is 9.97 Å². The van der Waals surface area contributed by atoms with Crippen molar-refractivity contribution in [3.8, 4) is 11.3 Å². The summed E-state index contributed by atoms with van der Waals surface area (Å²) in [6.07, 6.45) is 0.178. The van der Waals surface area contributed by atoms with Crippen molar-refractivity contribution in [3.63, 3.8) is 0 Å². The van der Waals surface area contributed by atoms with Gasteiger partial charge in [0, 0.05) is 31.0 Å². The van der Waals surface area contributed by atoms with E-state index < -0.39 is 6.37 Å². The van der Waals surface area contributed by atoms with Gasteiger partial charge in [0.05, 0.1) is 5.69 Å². The fraction of sp³-hybridized carbons (Fsp3) is 0.158. The van der Waals surface area contributed by atoms with Crippen LogP contribution in [-0.2, 0) is 6.37 Å². The van der Waals surface area contributed by atoms with Gasteiger partial charge >= 0.3 is 0 Å². The van der Waals surface area contributed by atoms with E-state index in [-0.39, 0.29) is 0 Å². The second-order valence-corrected chi connectivity index (χ2v) is 5.27. The minimum Gasteiger partial charge on any atom is -0.437 e. The normalized spacial score (nSPS) is 13.4. The minimum absolute atomic E-state index is 0.556. The summed E-state index contributed by atoms with van der Waals surface area (Å²) in [5.74, 6) is 0. The highest BCUT2D eigenvalue weighted by atomic mass is 16.3. The largest absolute Gasteiger partial charge is 0.437 e. The molecule has 1 aromatic carbocycles. The average molecular weight is 290 g/mol. The SMILES string of the molecule is [2H]C([2H])(C)c1ccc(-c2cccc3c2oc2nc(C)ccc23)nc1. The van der Waals surface area contributed by atoms with E-state index in [0.717, 1.165) is 33.3 Å². The number of hydrogen-bond donors (Lipinski definition) is 0. The first-order valence-corrected chi connectivity index (χ1v) is 7.19. The lowest BCUT2D eigenvalue weighted by Gasteiger charge is -2.02. The summed E-state index contributed by atoms with van der Waals surface area (Å²) in [6, 6.07) is 13.5. The van der Waals surface area contributed by atoms with Crippen molar-refractivity contribution < 1.29 is 7.16 Å². The Labute approximate surface area is 131 Å². The maximum atomic E-state index is 7.77. The summed E-state index contributed by atoms with van der Waals surface area (Å²) in [7, 11) is 0. The molecule has 0 atom stereocenters. The zero-order valence-corrected chi connectivity index (χ0v) is 12.4. The second kappa shape index (κ2) is 4.95. The standard InChI is InChI=1S/C19H16N2O/c1-3-13-8-10-17(20-11-13)16-6-4-5-14-15-9-7-12(2)21-19(15)22-18(14)16/h4-11H,3H2,1-2H3/i3D2. The molecule has 0 N–H and O–H groups in total. The monoisotopic (exact) mass is 290 g/mol. The topological polar surface area (TPSA) is 38.9 Å². The van der Waals surface area contributed by atoms with E-state index in [2.05, 4.69) is 9.97 Å². The van der Waals surface area contributed by atoms with Crippen LogP contribution in [0.5, 0.6) is 0 Å². The Balaban J connectivity index is 1.92. The first-order valence-electron chi connectivity index (χ1n) is 8.19. The fourth-order valence-corrected chi connectivity index (χ4v) is 2.67.